The Kier molecular flexibility index (Phi) is 7.71. The first kappa shape index (κ1) is 22.0. The van der Waals surface area contributed by atoms with E-state index in [1.807, 2.05) is 38.1 Å². The molecule has 0 saturated carbocycles. The zero-order valence-electron chi connectivity index (χ0n) is 16.2. The molecule has 152 valence electrons. The molecular weight excluding hydrogens is 400 g/mol. The number of aryl methyl sites for hydroxylation is 1. The van der Waals surface area contributed by atoms with Gasteiger partial charge in [-0.15, -0.1) is 0 Å². The van der Waals surface area contributed by atoms with Gasteiger partial charge in [-0.2, -0.15) is 0 Å². The average molecular weight is 425 g/mol. The maximum atomic E-state index is 12.3. The van der Waals surface area contributed by atoms with Crippen LogP contribution in [0.3, 0.4) is 0 Å². The van der Waals surface area contributed by atoms with Crippen LogP contribution in [0.15, 0.2) is 42.5 Å². The molecule has 1 amide bonds. The summed E-state index contributed by atoms with van der Waals surface area (Å²) in [6.45, 7) is 4.47. The van der Waals surface area contributed by atoms with Crippen molar-refractivity contribution in [2.45, 2.75) is 32.8 Å². The van der Waals surface area contributed by atoms with E-state index in [9.17, 15) is 13.2 Å². The van der Waals surface area contributed by atoms with Gasteiger partial charge in [0.2, 0.25) is 10.0 Å². The number of rotatable bonds is 9. The lowest BCUT2D eigenvalue weighted by Crippen LogP contribution is -2.25. The Hall–Kier alpha value is -2.25. The summed E-state index contributed by atoms with van der Waals surface area (Å²) in [5.41, 5.74) is 1.78. The van der Waals surface area contributed by atoms with Gasteiger partial charge in [0, 0.05) is 12.2 Å². The van der Waals surface area contributed by atoms with E-state index in [0.717, 1.165) is 24.8 Å². The molecule has 8 heteroatoms. The van der Waals surface area contributed by atoms with E-state index < -0.39 is 10.0 Å². The van der Waals surface area contributed by atoms with Crippen molar-refractivity contribution in [2.24, 2.45) is 0 Å². The molecule has 2 N–H and O–H groups in total. The molecule has 2 aromatic carbocycles. The lowest BCUT2D eigenvalue weighted by molar-refractivity contribution is 0.0953. The van der Waals surface area contributed by atoms with Gasteiger partial charge in [-0.3, -0.25) is 9.52 Å². The Balaban J connectivity index is 1.82. The number of benzene rings is 2. The molecule has 28 heavy (non-hydrogen) atoms. The number of carbonyl (C=O) groups is 1. The summed E-state index contributed by atoms with van der Waals surface area (Å²) in [6.07, 6.45) is 2.80. The smallest absolute Gasteiger partial charge is 0.252 e. The van der Waals surface area contributed by atoms with Crippen LogP contribution < -0.4 is 14.8 Å². The summed E-state index contributed by atoms with van der Waals surface area (Å²) in [4.78, 5) is 12.3. The molecule has 0 aromatic heterocycles. The minimum atomic E-state index is -3.40. The SMILES string of the molecule is CC(C)Oc1ccc(CCCNC(=O)c2ccc(NS(C)(=O)=O)cc2Cl)cc1. The van der Waals surface area contributed by atoms with Crippen LogP contribution in [0.2, 0.25) is 5.02 Å². The number of amides is 1. The lowest BCUT2D eigenvalue weighted by Gasteiger charge is -2.11. The zero-order valence-corrected chi connectivity index (χ0v) is 17.7. The summed E-state index contributed by atoms with van der Waals surface area (Å²) in [5.74, 6) is 0.548. The molecule has 2 aromatic rings. The van der Waals surface area contributed by atoms with Crippen LogP contribution in [0.1, 0.15) is 36.2 Å². The van der Waals surface area contributed by atoms with Crippen molar-refractivity contribution in [1.29, 1.82) is 0 Å². The maximum Gasteiger partial charge on any atom is 0.252 e. The van der Waals surface area contributed by atoms with E-state index >= 15 is 0 Å². The number of carbonyl (C=O) groups excluding carboxylic acids is 1. The van der Waals surface area contributed by atoms with Crippen LogP contribution in [0, 0.1) is 0 Å². The predicted octanol–water partition coefficient (Wildman–Crippen LogP) is 3.86. The molecule has 0 atom stereocenters. The molecule has 0 saturated heterocycles. The van der Waals surface area contributed by atoms with Crippen LogP contribution in [-0.4, -0.2) is 33.2 Å². The second-order valence-electron chi connectivity index (χ2n) is 6.74. The molecule has 0 aliphatic rings. The maximum absolute atomic E-state index is 12.3. The summed E-state index contributed by atoms with van der Waals surface area (Å²) >= 11 is 6.11. The van der Waals surface area contributed by atoms with E-state index in [4.69, 9.17) is 16.3 Å². The second kappa shape index (κ2) is 9.80. The third kappa shape index (κ3) is 7.40. The Morgan fingerprint density at radius 2 is 1.82 bits per heavy atom. The molecule has 0 aliphatic heterocycles. The molecule has 0 bridgehead atoms. The molecule has 0 fully saturated rings. The molecule has 0 heterocycles. The summed E-state index contributed by atoms with van der Waals surface area (Å²) in [6, 6.07) is 12.3. The van der Waals surface area contributed by atoms with E-state index in [0.29, 0.717) is 17.8 Å². The zero-order chi connectivity index (χ0) is 20.7. The van der Waals surface area contributed by atoms with Gasteiger partial charge in [0.05, 0.1) is 22.9 Å². The number of anilines is 1. The third-order valence-electron chi connectivity index (χ3n) is 3.74. The van der Waals surface area contributed by atoms with Crippen LogP contribution in [0.4, 0.5) is 5.69 Å². The van der Waals surface area contributed by atoms with Crippen LogP contribution >= 0.6 is 11.6 Å². The average Bonchev–Trinajstić information content (AvgIpc) is 2.58. The van der Waals surface area contributed by atoms with E-state index in [-0.39, 0.29) is 17.0 Å². The number of hydrogen-bond acceptors (Lipinski definition) is 4. The number of halogens is 1. The van der Waals surface area contributed by atoms with Crippen LogP contribution in [-0.2, 0) is 16.4 Å². The van der Waals surface area contributed by atoms with Crippen molar-refractivity contribution in [2.75, 3.05) is 17.5 Å². The molecule has 0 radical (unpaired) electrons. The molecule has 0 aliphatic carbocycles. The second-order valence-corrected chi connectivity index (χ2v) is 8.89. The van der Waals surface area contributed by atoms with Crippen LogP contribution in [0.25, 0.3) is 0 Å². The fraction of sp³-hybridized carbons (Fsp3) is 0.350. The largest absolute Gasteiger partial charge is 0.491 e. The van der Waals surface area contributed by atoms with E-state index in [1.165, 1.54) is 23.8 Å². The number of sulfonamides is 1. The summed E-state index contributed by atoms with van der Waals surface area (Å²) in [5, 5.41) is 3.02. The van der Waals surface area contributed by atoms with Gasteiger partial charge >= 0.3 is 0 Å². The van der Waals surface area contributed by atoms with Gasteiger partial charge < -0.3 is 10.1 Å². The van der Waals surface area contributed by atoms with Gasteiger partial charge in [-0.05, 0) is 62.6 Å². The first-order valence-corrected chi connectivity index (χ1v) is 11.2. The molecular formula is C20H25ClN2O4S. The highest BCUT2D eigenvalue weighted by Gasteiger charge is 2.12. The van der Waals surface area contributed by atoms with Crippen LogP contribution in [0.5, 0.6) is 5.75 Å². The van der Waals surface area contributed by atoms with Gasteiger partial charge in [0.25, 0.3) is 5.91 Å². The molecule has 0 spiro atoms. The van der Waals surface area contributed by atoms with E-state index in [2.05, 4.69) is 10.0 Å². The highest BCUT2D eigenvalue weighted by Crippen LogP contribution is 2.21. The first-order chi connectivity index (χ1) is 13.1. The molecule has 6 nitrogen and oxygen atoms in total. The van der Waals surface area contributed by atoms with Crippen molar-refractivity contribution >= 4 is 33.2 Å². The molecule has 0 unspecified atom stereocenters. The Morgan fingerprint density at radius 1 is 1.14 bits per heavy atom. The van der Waals surface area contributed by atoms with Crippen molar-refractivity contribution in [1.82, 2.24) is 5.32 Å². The Labute approximate surface area is 171 Å². The monoisotopic (exact) mass is 424 g/mol. The van der Waals surface area contributed by atoms with E-state index in [1.54, 1.807) is 0 Å². The topological polar surface area (TPSA) is 84.5 Å². The highest BCUT2D eigenvalue weighted by atomic mass is 35.5. The number of hydrogen-bond donors (Lipinski definition) is 2. The van der Waals surface area contributed by atoms with Gasteiger partial charge in [-0.1, -0.05) is 23.7 Å². The quantitative estimate of drug-likeness (QED) is 0.598. The van der Waals surface area contributed by atoms with Crippen molar-refractivity contribution in [3.8, 4) is 5.75 Å². The summed E-state index contributed by atoms with van der Waals surface area (Å²) in [7, 11) is -3.40. The minimum Gasteiger partial charge on any atom is -0.491 e. The fourth-order valence-electron chi connectivity index (χ4n) is 2.57. The van der Waals surface area contributed by atoms with Crippen molar-refractivity contribution in [3.05, 3.63) is 58.6 Å². The van der Waals surface area contributed by atoms with Crippen molar-refractivity contribution < 1.29 is 17.9 Å². The lowest BCUT2D eigenvalue weighted by atomic mass is 10.1. The molecule has 2 rings (SSSR count). The number of nitrogens with one attached hydrogen (secondary N) is 2. The van der Waals surface area contributed by atoms with Crippen molar-refractivity contribution in [3.63, 3.8) is 0 Å². The van der Waals surface area contributed by atoms with Gasteiger partial charge in [0.1, 0.15) is 5.75 Å². The van der Waals surface area contributed by atoms with Gasteiger partial charge in [-0.25, -0.2) is 8.42 Å². The first-order valence-electron chi connectivity index (χ1n) is 8.95. The standard InChI is InChI=1S/C20H25ClN2O4S/c1-14(2)27-17-9-6-15(7-10-17)5-4-12-22-20(24)18-11-8-16(13-19(18)21)23-28(3,25)26/h6-11,13-14,23H,4-5,12H2,1-3H3,(H,22,24). The summed E-state index contributed by atoms with van der Waals surface area (Å²) < 4.78 is 30.4. The number of ether oxygens (including phenoxy) is 1. The predicted molar refractivity (Wildman–Crippen MR) is 113 cm³/mol. The third-order valence-corrected chi connectivity index (χ3v) is 4.66. The highest BCUT2D eigenvalue weighted by molar-refractivity contribution is 7.92. The fourth-order valence-corrected chi connectivity index (χ4v) is 3.39. The normalized spacial score (nSPS) is 11.3. The minimum absolute atomic E-state index is 0.143. The Morgan fingerprint density at radius 3 is 2.39 bits per heavy atom. The van der Waals surface area contributed by atoms with Gasteiger partial charge in [0.15, 0.2) is 0 Å². The Bertz CT molecular complexity index is 912.